The normalized spacial score (nSPS) is 13.6. The molecule has 0 bridgehead atoms. The first-order valence-corrected chi connectivity index (χ1v) is 22.7. The van der Waals surface area contributed by atoms with Crippen LogP contribution >= 0.6 is 0 Å². The van der Waals surface area contributed by atoms with E-state index in [1.54, 1.807) is 17.1 Å². The van der Waals surface area contributed by atoms with Gasteiger partial charge < -0.3 is 14.0 Å². The van der Waals surface area contributed by atoms with Gasteiger partial charge in [-0.25, -0.2) is 14.6 Å². The molecule has 0 spiro atoms. The Balaban J connectivity index is 0.000000141. The van der Waals surface area contributed by atoms with Crippen LogP contribution in [0.5, 0.6) is 23.0 Å². The summed E-state index contributed by atoms with van der Waals surface area (Å²) in [6.07, 6.45) is 11.1. The Labute approximate surface area is 411 Å². The summed E-state index contributed by atoms with van der Waals surface area (Å²) in [4.78, 5) is 9.63. The van der Waals surface area contributed by atoms with E-state index in [0.717, 1.165) is 50.9 Å². The Hall–Kier alpha value is -8.10. The fraction of sp³-hybridized carbons (Fsp3) is 0.103. The number of nitrogens with zero attached hydrogens (tertiary/aromatic N) is 8. The molecular formula is C58H42N8O2Pd. The van der Waals surface area contributed by atoms with Crippen LogP contribution in [0.25, 0.3) is 66.6 Å². The summed E-state index contributed by atoms with van der Waals surface area (Å²) < 4.78 is 20.7. The minimum absolute atomic E-state index is 0. The molecule has 14 rings (SSSR count). The maximum Gasteiger partial charge on any atom is 2.00 e. The number of ether oxygens (including phenoxy) is 2. The molecule has 0 radical (unpaired) electrons. The molecule has 0 N–H and O–H groups in total. The predicted molar refractivity (Wildman–Crippen MR) is 266 cm³/mol. The number of benzene rings is 6. The first-order valence-electron chi connectivity index (χ1n) is 22.7. The van der Waals surface area contributed by atoms with E-state index in [9.17, 15) is 0 Å². The monoisotopic (exact) mass is 988 g/mol. The first kappa shape index (κ1) is 42.3. The second-order valence-electron chi connectivity index (χ2n) is 18.3. The van der Waals surface area contributed by atoms with Crippen molar-refractivity contribution in [3.63, 3.8) is 0 Å². The van der Waals surface area contributed by atoms with Crippen molar-refractivity contribution in [2.75, 3.05) is 0 Å². The molecule has 0 saturated heterocycles. The fourth-order valence-electron chi connectivity index (χ4n) is 10.4. The van der Waals surface area contributed by atoms with Crippen molar-refractivity contribution >= 4 is 43.6 Å². The van der Waals surface area contributed by atoms with Gasteiger partial charge in [-0.3, -0.25) is 9.25 Å². The third kappa shape index (κ3) is 6.64. The Morgan fingerprint density at radius 2 is 1.06 bits per heavy atom. The average Bonchev–Trinajstić information content (AvgIpc) is 4.20. The first-order chi connectivity index (χ1) is 33.2. The zero-order valence-corrected chi connectivity index (χ0v) is 39.6. The van der Waals surface area contributed by atoms with Crippen LogP contribution in [0.2, 0.25) is 0 Å². The van der Waals surface area contributed by atoms with Gasteiger partial charge in [0.15, 0.2) is 0 Å². The van der Waals surface area contributed by atoms with Gasteiger partial charge in [-0.2, -0.15) is 22.3 Å². The maximum atomic E-state index is 6.32. The van der Waals surface area contributed by atoms with Gasteiger partial charge in [0.05, 0.1) is 16.7 Å². The molecule has 0 saturated carbocycles. The maximum absolute atomic E-state index is 6.32. The molecule has 12 aromatic rings. The zero-order chi connectivity index (χ0) is 45.7. The van der Waals surface area contributed by atoms with Crippen molar-refractivity contribution in [3.8, 4) is 46.0 Å². The summed E-state index contributed by atoms with van der Waals surface area (Å²) in [7, 11) is 0. The molecule has 2 aliphatic heterocycles. The van der Waals surface area contributed by atoms with Crippen LogP contribution in [0.4, 0.5) is 0 Å². The molecule has 6 aromatic carbocycles. The minimum atomic E-state index is -0.144. The van der Waals surface area contributed by atoms with Crippen molar-refractivity contribution in [1.82, 2.24) is 38.7 Å². The molecule has 6 aromatic heterocycles. The van der Waals surface area contributed by atoms with Gasteiger partial charge in [-0.05, 0) is 70.7 Å². The third-order valence-corrected chi connectivity index (χ3v) is 13.7. The molecule has 10 nitrogen and oxygen atoms in total. The van der Waals surface area contributed by atoms with Crippen LogP contribution in [-0.4, -0.2) is 38.7 Å². The van der Waals surface area contributed by atoms with Crippen molar-refractivity contribution in [1.29, 1.82) is 0 Å². The minimum Gasteiger partial charge on any atom is -0.509 e. The smallest absolute Gasteiger partial charge is 0.509 e. The fourth-order valence-corrected chi connectivity index (χ4v) is 10.4. The van der Waals surface area contributed by atoms with Gasteiger partial charge in [0.1, 0.15) is 23.1 Å². The van der Waals surface area contributed by atoms with Gasteiger partial charge in [0.25, 0.3) is 0 Å². The SMILES string of the molecule is CC1(C)c2cccnc2-n2c3[c-]c(Oc4[c-]c(-n5cccn5)ccc4)ccc3c3cccc1c32.CC1(C)c2cccnc2-n2c3cc(Oc4cccc(-n5cccn5)c4)ccc3c3cccc1c32.[Pd+2]. The molecule has 0 fully saturated rings. The molecule has 2 aliphatic rings. The van der Waals surface area contributed by atoms with Crippen LogP contribution in [0.3, 0.4) is 0 Å². The molecule has 0 unspecified atom stereocenters. The molecule has 11 heteroatoms. The molecule has 8 heterocycles. The number of rotatable bonds is 6. The second kappa shape index (κ2) is 16.0. The summed E-state index contributed by atoms with van der Waals surface area (Å²) in [5, 5.41) is 13.4. The molecule has 0 aliphatic carbocycles. The number of pyridine rings is 2. The largest absolute Gasteiger partial charge is 2.00 e. The molecule has 69 heavy (non-hydrogen) atoms. The Morgan fingerprint density at radius 1 is 0.464 bits per heavy atom. The van der Waals surface area contributed by atoms with Gasteiger partial charge in [0, 0.05) is 99.1 Å². The summed E-state index contributed by atoms with van der Waals surface area (Å²) in [6.45, 7) is 9.10. The number of hydrogen-bond acceptors (Lipinski definition) is 6. The van der Waals surface area contributed by atoms with E-state index in [2.05, 4.69) is 126 Å². The molecule has 0 atom stereocenters. The van der Waals surface area contributed by atoms with Gasteiger partial charge in [-0.1, -0.05) is 87.8 Å². The Bertz CT molecular complexity index is 3680. The second-order valence-corrected chi connectivity index (χ2v) is 18.3. The van der Waals surface area contributed by atoms with Crippen LogP contribution in [0.1, 0.15) is 49.9 Å². The van der Waals surface area contributed by atoms with Gasteiger partial charge in [-0.15, -0.1) is 35.7 Å². The average molecular weight is 989 g/mol. The van der Waals surface area contributed by atoms with E-state index in [1.807, 2.05) is 108 Å². The number of aromatic nitrogens is 8. The van der Waals surface area contributed by atoms with Crippen molar-refractivity contribution < 1.29 is 29.9 Å². The summed E-state index contributed by atoms with van der Waals surface area (Å²) in [5.74, 6) is 4.73. The topological polar surface area (TPSA) is 89.7 Å². The number of fused-ring (bicyclic) bond motifs is 10. The summed E-state index contributed by atoms with van der Waals surface area (Å²) in [5.41, 5.74) is 11.0. The van der Waals surface area contributed by atoms with Gasteiger partial charge in [0.2, 0.25) is 0 Å². The van der Waals surface area contributed by atoms with E-state index in [0.29, 0.717) is 11.5 Å². The van der Waals surface area contributed by atoms with Crippen LogP contribution in [0, 0.1) is 12.1 Å². The van der Waals surface area contributed by atoms with Gasteiger partial charge >= 0.3 is 20.4 Å². The predicted octanol–water partition coefficient (Wildman–Crippen LogP) is 13.2. The third-order valence-electron chi connectivity index (χ3n) is 13.7. The Morgan fingerprint density at radius 3 is 1.77 bits per heavy atom. The molecular weight excluding hydrogens is 947 g/mol. The van der Waals surface area contributed by atoms with Crippen molar-refractivity contribution in [2.24, 2.45) is 0 Å². The standard InChI is InChI=1S/C29H22N4O.C29H20N4O.Pd/c2*1-29(2)24-10-4-9-23-22-13-12-21(34-20-8-3-7-19(17-20)32-16-6-15-31-32)18-26(22)33(27(23)24)28-25(29)11-5-14-30-28;/h3-18H,1-2H3;3-16H,1-2H3;/q;-2;+2. The number of para-hydroxylation sites is 2. The van der Waals surface area contributed by atoms with E-state index >= 15 is 0 Å². The van der Waals surface area contributed by atoms with E-state index in [-0.39, 0.29) is 31.3 Å². The van der Waals surface area contributed by atoms with Crippen LogP contribution in [-0.2, 0) is 31.3 Å². The number of hydrogen-bond donors (Lipinski definition) is 0. The summed E-state index contributed by atoms with van der Waals surface area (Å²) >= 11 is 0. The molecule has 336 valence electrons. The van der Waals surface area contributed by atoms with Crippen LogP contribution < -0.4 is 9.47 Å². The quantitative estimate of drug-likeness (QED) is 0.122. The van der Waals surface area contributed by atoms with Crippen molar-refractivity contribution in [2.45, 2.75) is 38.5 Å². The van der Waals surface area contributed by atoms with Crippen molar-refractivity contribution in [3.05, 3.63) is 217 Å². The Kier molecular flexibility index (Phi) is 9.81. The van der Waals surface area contributed by atoms with E-state index in [1.165, 1.54) is 49.4 Å². The molecule has 0 amide bonds. The van der Waals surface area contributed by atoms with Crippen LogP contribution in [0.15, 0.2) is 183 Å². The summed E-state index contributed by atoms with van der Waals surface area (Å²) in [6, 6.07) is 56.3. The zero-order valence-electron chi connectivity index (χ0n) is 38.0. The van der Waals surface area contributed by atoms with E-state index in [4.69, 9.17) is 19.4 Å². The van der Waals surface area contributed by atoms with E-state index < -0.39 is 0 Å².